The molecule has 3 aromatic carbocycles. The molecule has 216 valence electrons. The summed E-state index contributed by atoms with van der Waals surface area (Å²) in [5, 5.41) is 1.24. The second-order valence-electron chi connectivity index (χ2n) is 11.6. The highest BCUT2D eigenvalue weighted by molar-refractivity contribution is 6.35. The third-order valence-electron chi connectivity index (χ3n) is 9.12. The van der Waals surface area contributed by atoms with E-state index in [2.05, 4.69) is 0 Å². The monoisotopic (exact) mass is 612 g/mol. The quantitative estimate of drug-likeness (QED) is 0.130. The maximum absolute atomic E-state index is 13.5. The van der Waals surface area contributed by atoms with Gasteiger partial charge in [0.15, 0.2) is 6.10 Å². The summed E-state index contributed by atoms with van der Waals surface area (Å²) in [6.07, 6.45) is 1.95. The number of esters is 1. The van der Waals surface area contributed by atoms with Crippen molar-refractivity contribution in [3.8, 4) is 11.3 Å². The molecule has 0 N–H and O–H groups in total. The summed E-state index contributed by atoms with van der Waals surface area (Å²) in [7, 11) is 0. The first-order chi connectivity index (χ1) is 20.7. The normalized spacial score (nSPS) is 23.1. The van der Waals surface area contributed by atoms with Gasteiger partial charge in [0, 0.05) is 21.5 Å². The summed E-state index contributed by atoms with van der Waals surface area (Å²) in [6.45, 7) is 1.51. The summed E-state index contributed by atoms with van der Waals surface area (Å²) in [5.74, 6) is -1.06. The number of hydrogen-bond donors (Lipinski definition) is 0. The molecular formula is C34H26Cl2N2O5. The number of Topliss-reactive ketones (excluding diaryl/α,β-unsaturated/α-hetero) is 1. The van der Waals surface area contributed by atoms with E-state index in [4.69, 9.17) is 32.9 Å². The van der Waals surface area contributed by atoms with Crippen LogP contribution in [0.3, 0.4) is 0 Å². The molecule has 1 saturated heterocycles. The van der Waals surface area contributed by atoms with Gasteiger partial charge in [-0.15, -0.1) is 0 Å². The Bertz CT molecular complexity index is 1810. The highest BCUT2D eigenvalue weighted by atomic mass is 35.5. The molecule has 4 aromatic rings. The predicted molar refractivity (Wildman–Crippen MR) is 163 cm³/mol. The lowest BCUT2D eigenvalue weighted by Crippen LogP contribution is -2.32. The first-order valence-corrected chi connectivity index (χ1v) is 15.0. The number of hydrogen-bond acceptors (Lipinski definition) is 6. The predicted octanol–water partition coefficient (Wildman–Crippen LogP) is 7.17. The second kappa shape index (κ2) is 10.6. The van der Waals surface area contributed by atoms with Gasteiger partial charge in [-0.25, -0.2) is 9.78 Å². The van der Waals surface area contributed by atoms with Crippen LogP contribution in [0, 0.1) is 23.7 Å². The van der Waals surface area contributed by atoms with E-state index in [1.165, 1.54) is 17.9 Å². The molecule has 1 aromatic heterocycles. The Morgan fingerprint density at radius 1 is 0.907 bits per heavy atom. The molecule has 5 atom stereocenters. The topological polar surface area (TPSA) is 93.6 Å². The molecule has 2 heterocycles. The van der Waals surface area contributed by atoms with E-state index >= 15 is 0 Å². The number of imide groups is 1. The number of carbonyl (C=O) groups excluding carboxylic acids is 4. The fourth-order valence-corrected chi connectivity index (χ4v) is 7.54. The molecule has 2 amide bonds. The number of aromatic nitrogens is 1. The Hall–Kier alpha value is -4.07. The Morgan fingerprint density at radius 3 is 2.26 bits per heavy atom. The lowest BCUT2D eigenvalue weighted by molar-refractivity contribution is -0.123. The Balaban J connectivity index is 1.19. The Labute approximate surface area is 257 Å². The van der Waals surface area contributed by atoms with Crippen molar-refractivity contribution in [1.82, 2.24) is 4.98 Å². The molecule has 0 radical (unpaired) electrons. The number of amides is 2. The van der Waals surface area contributed by atoms with E-state index in [0.717, 1.165) is 19.3 Å². The van der Waals surface area contributed by atoms with Gasteiger partial charge in [-0.1, -0.05) is 59.6 Å². The lowest BCUT2D eigenvalue weighted by atomic mass is 9.81. The number of carbonyl (C=O) groups is 4. The van der Waals surface area contributed by atoms with Crippen LogP contribution < -0.4 is 4.90 Å². The molecule has 9 heteroatoms. The molecule has 7 rings (SSSR count). The van der Waals surface area contributed by atoms with Crippen LogP contribution in [0.25, 0.3) is 22.2 Å². The minimum absolute atomic E-state index is 0.1000. The van der Waals surface area contributed by atoms with Crippen molar-refractivity contribution >= 4 is 63.4 Å². The van der Waals surface area contributed by atoms with E-state index in [-0.39, 0.29) is 35.0 Å². The third-order valence-corrected chi connectivity index (χ3v) is 9.66. The number of pyridine rings is 1. The van der Waals surface area contributed by atoms with Gasteiger partial charge in [-0.3, -0.25) is 19.3 Å². The highest BCUT2D eigenvalue weighted by Crippen LogP contribution is 2.56. The number of anilines is 1. The second-order valence-corrected chi connectivity index (χ2v) is 12.4. The fraction of sp³-hybridized carbons (Fsp3) is 0.265. The maximum atomic E-state index is 13.5. The van der Waals surface area contributed by atoms with Gasteiger partial charge < -0.3 is 4.74 Å². The summed E-state index contributed by atoms with van der Waals surface area (Å²) in [5.41, 5.74) is 2.57. The molecule has 7 nitrogen and oxygen atoms in total. The molecule has 2 saturated carbocycles. The number of rotatable bonds is 6. The molecular weight excluding hydrogens is 587 g/mol. The Morgan fingerprint density at radius 2 is 1.58 bits per heavy atom. The van der Waals surface area contributed by atoms with Gasteiger partial charge in [0.05, 0.1) is 39.3 Å². The minimum Gasteiger partial charge on any atom is -0.451 e. The number of ether oxygens (including phenoxy) is 1. The molecule has 5 unspecified atom stereocenters. The van der Waals surface area contributed by atoms with Gasteiger partial charge >= 0.3 is 5.97 Å². The van der Waals surface area contributed by atoms with Crippen LogP contribution in [-0.2, 0) is 14.3 Å². The smallest absolute Gasteiger partial charge is 0.339 e. The van der Waals surface area contributed by atoms with Crippen LogP contribution in [0.4, 0.5) is 5.69 Å². The average molecular weight is 613 g/mol. The van der Waals surface area contributed by atoms with E-state index in [9.17, 15) is 19.2 Å². The lowest BCUT2D eigenvalue weighted by Gasteiger charge is -2.19. The number of para-hydroxylation sites is 1. The van der Waals surface area contributed by atoms with Crippen molar-refractivity contribution in [1.29, 1.82) is 0 Å². The average Bonchev–Trinajstić information content (AvgIpc) is 3.70. The van der Waals surface area contributed by atoms with Crippen LogP contribution >= 0.6 is 23.2 Å². The van der Waals surface area contributed by atoms with Gasteiger partial charge in [0.25, 0.3) is 0 Å². The van der Waals surface area contributed by atoms with E-state index in [1.54, 1.807) is 66.7 Å². The van der Waals surface area contributed by atoms with Gasteiger partial charge in [-0.05, 0) is 74.4 Å². The zero-order valence-electron chi connectivity index (χ0n) is 23.1. The van der Waals surface area contributed by atoms with Crippen molar-refractivity contribution in [2.75, 3.05) is 4.90 Å². The third kappa shape index (κ3) is 4.62. The summed E-state index contributed by atoms with van der Waals surface area (Å²) in [6, 6.07) is 20.2. The summed E-state index contributed by atoms with van der Waals surface area (Å²) < 4.78 is 5.62. The number of benzene rings is 3. The molecule has 0 spiro atoms. The van der Waals surface area contributed by atoms with Crippen LogP contribution in [0.5, 0.6) is 0 Å². The number of halogens is 2. The molecule has 3 aliphatic rings. The van der Waals surface area contributed by atoms with E-state index < -0.39 is 12.1 Å². The first kappa shape index (κ1) is 27.7. The van der Waals surface area contributed by atoms with Crippen LogP contribution in [0.1, 0.15) is 46.9 Å². The van der Waals surface area contributed by atoms with Crippen molar-refractivity contribution in [3.63, 3.8) is 0 Å². The Kier molecular flexibility index (Phi) is 6.83. The minimum atomic E-state index is -1.07. The molecule has 2 bridgehead atoms. The molecule has 1 aliphatic heterocycles. The van der Waals surface area contributed by atoms with Crippen molar-refractivity contribution < 1.29 is 23.9 Å². The number of fused-ring (bicyclic) bond motifs is 6. The maximum Gasteiger partial charge on any atom is 0.339 e. The number of nitrogens with zero attached hydrogens (tertiary/aromatic N) is 2. The van der Waals surface area contributed by atoms with E-state index in [0.29, 0.717) is 55.3 Å². The summed E-state index contributed by atoms with van der Waals surface area (Å²) >= 11 is 12.5. The van der Waals surface area contributed by atoms with Crippen molar-refractivity contribution in [3.05, 3.63) is 94.0 Å². The molecule has 2 aliphatic carbocycles. The van der Waals surface area contributed by atoms with Crippen LogP contribution in [0.15, 0.2) is 72.8 Å². The largest absolute Gasteiger partial charge is 0.451 e. The van der Waals surface area contributed by atoms with Crippen molar-refractivity contribution in [2.45, 2.75) is 32.3 Å². The zero-order chi connectivity index (χ0) is 30.0. The van der Waals surface area contributed by atoms with E-state index in [1.807, 2.05) is 0 Å². The van der Waals surface area contributed by atoms with Gasteiger partial charge in [0.1, 0.15) is 0 Å². The van der Waals surface area contributed by atoms with Gasteiger partial charge in [-0.2, -0.15) is 0 Å². The summed E-state index contributed by atoms with van der Waals surface area (Å²) in [4.78, 5) is 59.0. The first-order valence-electron chi connectivity index (χ1n) is 14.3. The fourth-order valence-electron chi connectivity index (χ4n) is 7.13. The van der Waals surface area contributed by atoms with Gasteiger partial charge in [0.2, 0.25) is 17.6 Å². The molecule has 43 heavy (non-hydrogen) atoms. The van der Waals surface area contributed by atoms with Crippen molar-refractivity contribution in [2.24, 2.45) is 23.7 Å². The zero-order valence-corrected chi connectivity index (χ0v) is 24.6. The van der Waals surface area contributed by atoms with Crippen LogP contribution in [0.2, 0.25) is 10.0 Å². The number of ketones is 1. The standard InChI is InChI=1S/C34H26Cl2N2O5/c1-17(31(39)21-4-2-5-22(35)15-21)43-34(42)25-16-27(37-30-24(25)6-3-7-26(30)36)18-10-12-23(13-11-18)38-32(40)28-19-8-9-20(14-19)29(28)33(38)41/h2-7,10-13,15-17,19-20,28-29H,8-9,14H2,1H3. The SMILES string of the molecule is CC(OC(=O)c1cc(-c2ccc(N3C(=O)C4C5CCC(C5)C4C3=O)cc2)nc2c(Cl)cccc12)C(=O)c1cccc(Cl)c1. The van der Waals surface area contributed by atoms with Crippen LogP contribution in [-0.4, -0.2) is 34.7 Å². The highest BCUT2D eigenvalue weighted by Gasteiger charge is 2.61. The molecule has 3 fully saturated rings.